The molecule has 1 fully saturated rings. The van der Waals surface area contributed by atoms with E-state index in [9.17, 15) is 19.5 Å². The molecule has 3 atom stereocenters. The van der Waals surface area contributed by atoms with Crippen molar-refractivity contribution in [3.05, 3.63) is 65.4 Å². The second-order valence-electron chi connectivity index (χ2n) is 10.0. The number of nitrogens with zero attached hydrogens (tertiary/aromatic N) is 1. The topological polar surface area (TPSA) is 126 Å². The normalized spacial score (nSPS) is 23.5. The lowest BCUT2D eigenvalue weighted by molar-refractivity contribution is -0.137. The van der Waals surface area contributed by atoms with Crippen LogP contribution in [0, 0.1) is 5.92 Å². The Kier molecular flexibility index (Phi) is 6.20. The lowest BCUT2D eigenvalue weighted by Gasteiger charge is -2.41. The van der Waals surface area contributed by atoms with Crippen molar-refractivity contribution < 1.29 is 19.5 Å². The molecule has 1 unspecified atom stereocenters. The van der Waals surface area contributed by atoms with Crippen molar-refractivity contribution in [2.24, 2.45) is 18.7 Å². The smallest absolute Gasteiger partial charge is 0.352 e. The highest BCUT2D eigenvalue weighted by atomic mass is 16.4. The van der Waals surface area contributed by atoms with Crippen LogP contribution in [0.15, 0.2) is 48.5 Å². The number of hydrogen-bond acceptors (Lipinski definition) is 4. The van der Waals surface area contributed by atoms with Crippen molar-refractivity contribution in [3.8, 4) is 0 Å². The van der Waals surface area contributed by atoms with E-state index in [-0.39, 0.29) is 17.6 Å². The van der Waals surface area contributed by atoms with Crippen LogP contribution in [0.1, 0.15) is 53.7 Å². The Balaban J connectivity index is 1.49. The molecule has 1 saturated carbocycles. The van der Waals surface area contributed by atoms with Crippen LogP contribution in [0.25, 0.3) is 10.9 Å². The first-order valence-electron chi connectivity index (χ1n) is 12.6. The van der Waals surface area contributed by atoms with Crippen molar-refractivity contribution in [3.63, 3.8) is 0 Å². The zero-order valence-electron chi connectivity index (χ0n) is 20.4. The minimum atomic E-state index is -1.40. The maximum absolute atomic E-state index is 13.7. The van der Waals surface area contributed by atoms with Gasteiger partial charge in [0.2, 0.25) is 11.8 Å². The van der Waals surface area contributed by atoms with E-state index >= 15 is 0 Å². The fourth-order valence-electron chi connectivity index (χ4n) is 6.34. The van der Waals surface area contributed by atoms with E-state index in [1.54, 1.807) is 11.6 Å². The maximum atomic E-state index is 13.7. The summed E-state index contributed by atoms with van der Waals surface area (Å²) in [5, 5.41) is 17.4. The molecule has 1 aromatic heterocycles. The van der Waals surface area contributed by atoms with Gasteiger partial charge in [-0.15, -0.1) is 0 Å². The van der Waals surface area contributed by atoms with Gasteiger partial charge in [0.25, 0.3) is 0 Å². The number of carbonyl (C=O) groups excluding carboxylic acids is 2. The zero-order valence-corrected chi connectivity index (χ0v) is 20.4. The Labute approximate surface area is 209 Å². The SMILES string of the molecule is Cn1c(C(=O)O)c([C@]2(C(N)=O)CCCC[C@H]2C(=O)NCC2CCc3ccccc3N2)c2ccccc21. The third-order valence-electron chi connectivity index (χ3n) is 8.08. The summed E-state index contributed by atoms with van der Waals surface area (Å²) in [5.41, 5.74) is 8.10. The standard InChI is InChI=1S/C28H32N4O4/c1-32-22-12-5-3-9-19(22)23(24(32)26(34)35)28(27(29)36)15-7-6-10-20(28)25(33)30-16-18-14-13-17-8-2-4-11-21(17)31-18/h2-5,8-9,11-12,18,20,31H,6-7,10,13-16H2,1H3,(H2,29,36)(H,30,33)(H,34,35)/t18?,20-,28-/m0/s1. The molecular formula is C28H32N4O4. The van der Waals surface area contributed by atoms with E-state index in [1.165, 1.54) is 5.56 Å². The molecular weight excluding hydrogens is 456 g/mol. The second kappa shape index (κ2) is 9.33. The highest BCUT2D eigenvalue weighted by Crippen LogP contribution is 2.48. The van der Waals surface area contributed by atoms with Crippen LogP contribution >= 0.6 is 0 Å². The molecule has 3 aromatic rings. The van der Waals surface area contributed by atoms with Gasteiger partial charge >= 0.3 is 5.97 Å². The monoisotopic (exact) mass is 488 g/mol. The number of aryl methyl sites for hydroxylation is 2. The Hall–Kier alpha value is -3.81. The summed E-state index contributed by atoms with van der Waals surface area (Å²) in [7, 11) is 1.68. The predicted molar refractivity (Wildman–Crippen MR) is 138 cm³/mol. The zero-order chi connectivity index (χ0) is 25.4. The number of primary amides is 1. The van der Waals surface area contributed by atoms with Gasteiger partial charge in [-0.2, -0.15) is 0 Å². The summed E-state index contributed by atoms with van der Waals surface area (Å²) >= 11 is 0. The van der Waals surface area contributed by atoms with E-state index in [1.807, 2.05) is 42.5 Å². The Bertz CT molecular complexity index is 1350. The highest BCUT2D eigenvalue weighted by Gasteiger charge is 2.53. The number of carbonyl (C=O) groups is 3. The fourth-order valence-corrected chi connectivity index (χ4v) is 6.34. The van der Waals surface area contributed by atoms with Gasteiger partial charge < -0.3 is 26.0 Å². The molecule has 5 rings (SSSR count). The summed E-state index contributed by atoms with van der Waals surface area (Å²) in [6, 6.07) is 15.5. The minimum absolute atomic E-state index is 0.0141. The summed E-state index contributed by atoms with van der Waals surface area (Å²) in [4.78, 5) is 39.4. The number of carboxylic acid groups (broad SMARTS) is 1. The lowest BCUT2D eigenvalue weighted by Crippen LogP contribution is -2.55. The van der Waals surface area contributed by atoms with Crippen LogP contribution in [-0.4, -0.2) is 40.0 Å². The number of amides is 2. The molecule has 8 heteroatoms. The number of para-hydroxylation sites is 2. The van der Waals surface area contributed by atoms with Crippen LogP contribution < -0.4 is 16.4 Å². The molecule has 2 heterocycles. The van der Waals surface area contributed by atoms with Crippen LogP contribution in [0.4, 0.5) is 5.69 Å². The number of aromatic carboxylic acids is 1. The second-order valence-corrected chi connectivity index (χ2v) is 10.0. The predicted octanol–water partition coefficient (Wildman–Crippen LogP) is 3.33. The van der Waals surface area contributed by atoms with Gasteiger partial charge in [-0.3, -0.25) is 9.59 Å². The van der Waals surface area contributed by atoms with Crippen molar-refractivity contribution >= 4 is 34.4 Å². The first-order chi connectivity index (χ1) is 17.3. The third-order valence-corrected chi connectivity index (χ3v) is 8.08. The molecule has 2 aliphatic rings. The van der Waals surface area contributed by atoms with Crippen LogP contribution in [0.3, 0.4) is 0 Å². The van der Waals surface area contributed by atoms with Crippen molar-refractivity contribution in [1.82, 2.24) is 9.88 Å². The number of nitrogens with one attached hydrogen (secondary N) is 2. The van der Waals surface area contributed by atoms with Gasteiger partial charge in [0, 0.05) is 41.8 Å². The van der Waals surface area contributed by atoms with Gasteiger partial charge in [0.05, 0.1) is 11.3 Å². The number of carboxylic acids is 1. The molecule has 0 saturated heterocycles. The largest absolute Gasteiger partial charge is 0.477 e. The molecule has 0 spiro atoms. The molecule has 0 bridgehead atoms. The average Bonchev–Trinajstić information content (AvgIpc) is 3.20. The summed E-state index contributed by atoms with van der Waals surface area (Å²) < 4.78 is 1.59. The van der Waals surface area contributed by atoms with Gasteiger partial charge in [0.15, 0.2) is 0 Å². The molecule has 2 aromatic carbocycles. The molecule has 1 aliphatic heterocycles. The quantitative estimate of drug-likeness (QED) is 0.423. The van der Waals surface area contributed by atoms with Crippen molar-refractivity contribution in [2.45, 2.75) is 50.0 Å². The Morgan fingerprint density at radius 2 is 1.86 bits per heavy atom. The maximum Gasteiger partial charge on any atom is 0.352 e. The number of nitrogens with two attached hydrogens (primary N) is 1. The molecule has 188 valence electrons. The van der Waals surface area contributed by atoms with E-state index in [4.69, 9.17) is 5.73 Å². The van der Waals surface area contributed by atoms with Gasteiger partial charge in [-0.25, -0.2) is 4.79 Å². The number of hydrogen-bond donors (Lipinski definition) is 4. The number of fused-ring (bicyclic) bond motifs is 2. The number of benzene rings is 2. The molecule has 8 nitrogen and oxygen atoms in total. The summed E-state index contributed by atoms with van der Waals surface area (Å²) in [5.74, 6) is -2.79. The average molecular weight is 489 g/mol. The lowest BCUT2D eigenvalue weighted by atomic mass is 9.60. The fraction of sp³-hybridized carbons (Fsp3) is 0.393. The van der Waals surface area contributed by atoms with Crippen LogP contribution in [-0.2, 0) is 28.5 Å². The van der Waals surface area contributed by atoms with E-state index in [0.29, 0.717) is 42.3 Å². The van der Waals surface area contributed by atoms with Gasteiger partial charge in [0.1, 0.15) is 5.69 Å². The first-order valence-corrected chi connectivity index (χ1v) is 12.6. The minimum Gasteiger partial charge on any atom is -0.477 e. The molecule has 36 heavy (non-hydrogen) atoms. The van der Waals surface area contributed by atoms with Crippen molar-refractivity contribution in [2.75, 3.05) is 11.9 Å². The van der Waals surface area contributed by atoms with E-state index in [0.717, 1.165) is 24.9 Å². The first kappa shape index (κ1) is 23.9. The Morgan fingerprint density at radius 3 is 2.64 bits per heavy atom. The van der Waals surface area contributed by atoms with Crippen LogP contribution in [0.5, 0.6) is 0 Å². The number of rotatable bonds is 6. The van der Waals surface area contributed by atoms with Crippen LogP contribution in [0.2, 0.25) is 0 Å². The number of aromatic nitrogens is 1. The highest BCUT2D eigenvalue weighted by molar-refractivity contribution is 6.06. The van der Waals surface area contributed by atoms with Gasteiger partial charge in [-0.1, -0.05) is 49.2 Å². The Morgan fingerprint density at radius 1 is 1.11 bits per heavy atom. The van der Waals surface area contributed by atoms with Gasteiger partial charge in [-0.05, 0) is 43.4 Å². The van der Waals surface area contributed by atoms with Crippen molar-refractivity contribution in [1.29, 1.82) is 0 Å². The summed E-state index contributed by atoms with van der Waals surface area (Å²) in [6.45, 7) is 0.417. The van der Waals surface area contributed by atoms with E-state index < -0.39 is 23.2 Å². The molecule has 5 N–H and O–H groups in total. The number of anilines is 1. The third kappa shape index (κ3) is 3.81. The molecule has 1 aliphatic carbocycles. The summed E-state index contributed by atoms with van der Waals surface area (Å²) in [6.07, 6.45) is 4.08. The molecule has 0 radical (unpaired) electrons. The molecule has 2 amide bonds. The van der Waals surface area contributed by atoms with E-state index in [2.05, 4.69) is 16.7 Å².